The van der Waals surface area contributed by atoms with E-state index in [1.54, 1.807) is 4.90 Å². The van der Waals surface area contributed by atoms with Crippen molar-refractivity contribution < 1.29 is 9.90 Å². The van der Waals surface area contributed by atoms with Crippen molar-refractivity contribution in [3.63, 3.8) is 0 Å². The molecule has 4 heteroatoms. The molecule has 0 radical (unpaired) electrons. The van der Waals surface area contributed by atoms with Crippen LogP contribution < -0.4 is 0 Å². The summed E-state index contributed by atoms with van der Waals surface area (Å²) in [5, 5.41) is 9.69. The van der Waals surface area contributed by atoms with Crippen molar-refractivity contribution in [2.75, 3.05) is 13.2 Å². The first-order valence-electron chi connectivity index (χ1n) is 5.32. The van der Waals surface area contributed by atoms with Gasteiger partial charge in [0.05, 0.1) is 0 Å². The van der Waals surface area contributed by atoms with Crippen LogP contribution in [0.2, 0.25) is 5.02 Å². The highest BCUT2D eigenvalue weighted by Gasteiger charge is 2.28. The van der Waals surface area contributed by atoms with Gasteiger partial charge >= 0.3 is 0 Å². The van der Waals surface area contributed by atoms with Crippen LogP contribution >= 0.6 is 11.6 Å². The van der Waals surface area contributed by atoms with E-state index in [4.69, 9.17) is 16.7 Å². The van der Waals surface area contributed by atoms with Crippen molar-refractivity contribution in [3.8, 4) is 0 Å². The van der Waals surface area contributed by atoms with E-state index in [0.717, 1.165) is 5.56 Å². The van der Waals surface area contributed by atoms with Gasteiger partial charge in [0.2, 0.25) is 5.91 Å². The summed E-state index contributed by atoms with van der Waals surface area (Å²) in [5.74, 6) is 0.200. The van der Waals surface area contributed by atoms with Crippen LogP contribution in [0.4, 0.5) is 0 Å². The number of aliphatic hydroxyl groups excluding tert-OH is 1. The first kappa shape index (κ1) is 11.4. The van der Waals surface area contributed by atoms with Gasteiger partial charge in [0.15, 0.2) is 0 Å². The number of carbonyl (C=O) groups is 1. The second-order valence-electron chi connectivity index (χ2n) is 4.16. The summed E-state index contributed by atoms with van der Waals surface area (Å²) >= 11 is 5.88. The number of hydrogen-bond acceptors (Lipinski definition) is 2. The third-order valence-electron chi connectivity index (χ3n) is 2.82. The van der Waals surface area contributed by atoms with Gasteiger partial charge in [0, 0.05) is 37.1 Å². The monoisotopic (exact) mass is 239 g/mol. The summed E-state index contributed by atoms with van der Waals surface area (Å²) in [7, 11) is 0. The lowest BCUT2D eigenvalue weighted by atomic mass is 10.1. The fourth-order valence-electron chi connectivity index (χ4n) is 1.98. The molecular formula is C12H14ClNO2. The molecule has 1 fully saturated rings. The van der Waals surface area contributed by atoms with Crippen molar-refractivity contribution in [2.24, 2.45) is 5.92 Å². The molecule has 1 atom stereocenters. The maximum atomic E-state index is 11.6. The Morgan fingerprint density at radius 2 is 2.31 bits per heavy atom. The third kappa shape index (κ3) is 2.54. The first-order chi connectivity index (χ1) is 7.69. The average molecular weight is 240 g/mol. The molecular weight excluding hydrogens is 226 g/mol. The molecule has 1 N–H and O–H groups in total. The molecule has 1 aromatic carbocycles. The van der Waals surface area contributed by atoms with Gasteiger partial charge in [-0.05, 0) is 17.7 Å². The van der Waals surface area contributed by atoms with Gasteiger partial charge in [-0.15, -0.1) is 0 Å². The molecule has 1 unspecified atom stereocenters. The van der Waals surface area contributed by atoms with E-state index in [0.29, 0.717) is 24.5 Å². The van der Waals surface area contributed by atoms with E-state index < -0.39 is 0 Å². The quantitative estimate of drug-likeness (QED) is 0.872. The number of carbonyl (C=O) groups excluding carboxylic acids is 1. The summed E-state index contributed by atoms with van der Waals surface area (Å²) in [4.78, 5) is 13.4. The van der Waals surface area contributed by atoms with Gasteiger partial charge in [-0.2, -0.15) is 0 Å². The summed E-state index contributed by atoms with van der Waals surface area (Å²) in [6, 6.07) is 7.50. The molecule has 1 amide bonds. The number of amides is 1. The Balaban J connectivity index is 2.03. The fourth-order valence-corrected chi connectivity index (χ4v) is 2.20. The highest BCUT2D eigenvalue weighted by Crippen LogP contribution is 2.20. The first-order valence-corrected chi connectivity index (χ1v) is 5.70. The molecule has 2 rings (SSSR count). The number of benzene rings is 1. The summed E-state index contributed by atoms with van der Waals surface area (Å²) in [6.45, 7) is 1.30. The van der Waals surface area contributed by atoms with E-state index >= 15 is 0 Å². The molecule has 3 nitrogen and oxygen atoms in total. The van der Waals surface area contributed by atoms with E-state index in [9.17, 15) is 4.79 Å². The predicted molar refractivity (Wildman–Crippen MR) is 62.1 cm³/mol. The standard InChI is InChI=1S/C12H14ClNO2/c13-11-3-1-2-9(4-11)6-14-7-10(8-15)5-12(14)16/h1-4,10,15H,5-8H2. The van der Waals surface area contributed by atoms with Gasteiger partial charge in [-0.25, -0.2) is 0 Å². The number of rotatable bonds is 3. The highest BCUT2D eigenvalue weighted by molar-refractivity contribution is 6.30. The maximum absolute atomic E-state index is 11.6. The van der Waals surface area contributed by atoms with E-state index in [1.165, 1.54) is 0 Å². The van der Waals surface area contributed by atoms with Crippen LogP contribution in [0.15, 0.2) is 24.3 Å². The lowest BCUT2D eigenvalue weighted by Gasteiger charge is -2.16. The minimum Gasteiger partial charge on any atom is -0.396 e. The summed E-state index contributed by atoms with van der Waals surface area (Å²) in [5.41, 5.74) is 1.03. The Morgan fingerprint density at radius 3 is 2.94 bits per heavy atom. The lowest BCUT2D eigenvalue weighted by molar-refractivity contribution is -0.128. The molecule has 86 valence electrons. The fraction of sp³-hybridized carbons (Fsp3) is 0.417. The SMILES string of the molecule is O=C1CC(CO)CN1Cc1cccc(Cl)c1. The number of hydrogen-bond donors (Lipinski definition) is 1. The van der Waals surface area contributed by atoms with Crippen LogP contribution in [0.5, 0.6) is 0 Å². The molecule has 0 bridgehead atoms. The predicted octanol–water partition coefficient (Wildman–Crippen LogP) is 1.68. The molecule has 1 aromatic rings. The van der Waals surface area contributed by atoms with Crippen molar-refractivity contribution in [2.45, 2.75) is 13.0 Å². The van der Waals surface area contributed by atoms with Gasteiger partial charge < -0.3 is 10.0 Å². The van der Waals surface area contributed by atoms with Crippen LogP contribution in [-0.2, 0) is 11.3 Å². The number of nitrogens with zero attached hydrogens (tertiary/aromatic N) is 1. The van der Waals surface area contributed by atoms with Gasteiger partial charge in [-0.3, -0.25) is 4.79 Å². The van der Waals surface area contributed by atoms with Crippen LogP contribution in [0, 0.1) is 5.92 Å². The van der Waals surface area contributed by atoms with E-state index in [2.05, 4.69) is 0 Å². The van der Waals surface area contributed by atoms with Crippen molar-refractivity contribution >= 4 is 17.5 Å². The maximum Gasteiger partial charge on any atom is 0.223 e. The van der Waals surface area contributed by atoms with E-state index in [-0.39, 0.29) is 18.4 Å². The second kappa shape index (κ2) is 4.85. The molecule has 0 aliphatic carbocycles. The normalized spacial score (nSPS) is 20.5. The zero-order chi connectivity index (χ0) is 11.5. The summed E-state index contributed by atoms with van der Waals surface area (Å²) < 4.78 is 0. The van der Waals surface area contributed by atoms with E-state index in [1.807, 2.05) is 24.3 Å². The average Bonchev–Trinajstić information content (AvgIpc) is 2.60. The molecule has 0 aromatic heterocycles. The van der Waals surface area contributed by atoms with Crippen LogP contribution in [0.1, 0.15) is 12.0 Å². The van der Waals surface area contributed by atoms with Crippen LogP contribution in [-0.4, -0.2) is 29.1 Å². The Morgan fingerprint density at radius 1 is 1.50 bits per heavy atom. The Bertz CT molecular complexity index is 394. The number of aliphatic hydroxyl groups is 1. The smallest absolute Gasteiger partial charge is 0.223 e. The molecule has 1 aliphatic rings. The second-order valence-corrected chi connectivity index (χ2v) is 4.59. The molecule has 1 saturated heterocycles. The van der Waals surface area contributed by atoms with Gasteiger partial charge in [0.1, 0.15) is 0 Å². The highest BCUT2D eigenvalue weighted by atomic mass is 35.5. The zero-order valence-electron chi connectivity index (χ0n) is 8.90. The summed E-state index contributed by atoms with van der Waals surface area (Å²) in [6.07, 6.45) is 0.455. The largest absolute Gasteiger partial charge is 0.396 e. The van der Waals surface area contributed by atoms with Gasteiger partial charge in [0.25, 0.3) is 0 Å². The van der Waals surface area contributed by atoms with Crippen LogP contribution in [0.3, 0.4) is 0 Å². The van der Waals surface area contributed by atoms with Crippen molar-refractivity contribution in [1.82, 2.24) is 4.90 Å². The Kier molecular flexibility index (Phi) is 3.46. The molecule has 16 heavy (non-hydrogen) atoms. The van der Waals surface area contributed by atoms with Crippen LogP contribution in [0.25, 0.3) is 0 Å². The molecule has 1 aliphatic heterocycles. The molecule has 0 saturated carbocycles. The van der Waals surface area contributed by atoms with Crippen molar-refractivity contribution in [3.05, 3.63) is 34.9 Å². The lowest BCUT2D eigenvalue weighted by Crippen LogP contribution is -2.24. The minimum atomic E-state index is 0.0811. The third-order valence-corrected chi connectivity index (χ3v) is 3.05. The van der Waals surface area contributed by atoms with Crippen molar-refractivity contribution in [1.29, 1.82) is 0 Å². The molecule has 1 heterocycles. The minimum absolute atomic E-state index is 0.0811. The van der Waals surface area contributed by atoms with Gasteiger partial charge in [-0.1, -0.05) is 23.7 Å². The topological polar surface area (TPSA) is 40.5 Å². The Hall–Kier alpha value is -1.06. The molecule has 0 spiro atoms. The Labute approximate surface area is 99.6 Å². The number of likely N-dealkylation sites (tertiary alicyclic amines) is 1. The zero-order valence-corrected chi connectivity index (χ0v) is 9.65. The number of halogens is 1.